The lowest BCUT2D eigenvalue weighted by Crippen LogP contribution is -2.53. The van der Waals surface area contributed by atoms with Crippen LogP contribution < -0.4 is 9.64 Å². The van der Waals surface area contributed by atoms with E-state index in [-0.39, 0.29) is 11.9 Å². The van der Waals surface area contributed by atoms with E-state index in [1.54, 1.807) is 30.3 Å². The lowest BCUT2D eigenvalue weighted by molar-refractivity contribution is 0.0231. The number of methoxy groups -OCH3 is 1. The summed E-state index contributed by atoms with van der Waals surface area (Å²) < 4.78 is 24.8. The summed E-state index contributed by atoms with van der Waals surface area (Å²) in [6.45, 7) is 1.15. The van der Waals surface area contributed by atoms with Gasteiger partial charge in [-0.15, -0.1) is 0 Å². The highest BCUT2D eigenvalue weighted by atomic mass is 32.1. The molecule has 1 aliphatic rings. The summed E-state index contributed by atoms with van der Waals surface area (Å²) in [7, 11) is 1.52. The number of anilines is 1. The van der Waals surface area contributed by atoms with E-state index in [4.69, 9.17) is 9.47 Å². The third kappa shape index (κ3) is 3.02. The number of ether oxygens (including phenoxy) is 2. The maximum absolute atomic E-state index is 13.3. The molecule has 0 bridgehead atoms. The number of esters is 1. The first-order valence-electron chi connectivity index (χ1n) is 7.79. The Hall–Kier alpha value is -2.67. The largest absolute Gasteiger partial charge is 0.496 e. The van der Waals surface area contributed by atoms with Crippen molar-refractivity contribution in [2.75, 3.05) is 25.1 Å². The van der Waals surface area contributed by atoms with Crippen molar-refractivity contribution in [1.29, 1.82) is 0 Å². The van der Waals surface area contributed by atoms with Crippen molar-refractivity contribution < 1.29 is 18.7 Å². The van der Waals surface area contributed by atoms with E-state index in [0.717, 1.165) is 15.3 Å². The van der Waals surface area contributed by atoms with Gasteiger partial charge in [0.1, 0.15) is 23.2 Å². The molecule has 25 heavy (non-hydrogen) atoms. The SMILES string of the molecule is COc1ccccc1C(=O)OC1CN(c2nc3ccc(F)cc3s2)C1. The Balaban J connectivity index is 1.40. The van der Waals surface area contributed by atoms with Crippen molar-refractivity contribution in [2.45, 2.75) is 6.10 Å². The summed E-state index contributed by atoms with van der Waals surface area (Å²) in [4.78, 5) is 18.8. The van der Waals surface area contributed by atoms with Crippen LogP contribution in [0, 0.1) is 5.82 Å². The number of rotatable bonds is 4. The minimum Gasteiger partial charge on any atom is -0.496 e. The van der Waals surface area contributed by atoms with E-state index in [2.05, 4.69) is 4.98 Å². The smallest absolute Gasteiger partial charge is 0.342 e. The Morgan fingerprint density at radius 3 is 2.88 bits per heavy atom. The fourth-order valence-electron chi connectivity index (χ4n) is 2.72. The monoisotopic (exact) mass is 358 g/mol. The topological polar surface area (TPSA) is 51.7 Å². The zero-order valence-corrected chi connectivity index (χ0v) is 14.3. The van der Waals surface area contributed by atoms with Crippen LogP contribution in [0.5, 0.6) is 5.75 Å². The molecule has 4 rings (SSSR count). The van der Waals surface area contributed by atoms with Crippen LogP contribution in [0.3, 0.4) is 0 Å². The number of aromatic nitrogens is 1. The highest BCUT2D eigenvalue weighted by Crippen LogP contribution is 2.32. The maximum Gasteiger partial charge on any atom is 0.342 e. The highest BCUT2D eigenvalue weighted by Gasteiger charge is 2.32. The summed E-state index contributed by atoms with van der Waals surface area (Å²) in [6, 6.07) is 11.5. The Bertz CT molecular complexity index is 937. The number of fused-ring (bicyclic) bond motifs is 1. The number of hydrogen-bond donors (Lipinski definition) is 0. The first-order valence-corrected chi connectivity index (χ1v) is 8.61. The van der Waals surface area contributed by atoms with E-state index in [9.17, 15) is 9.18 Å². The molecule has 1 aliphatic heterocycles. The first kappa shape index (κ1) is 15.8. The van der Waals surface area contributed by atoms with Crippen molar-refractivity contribution in [1.82, 2.24) is 4.98 Å². The number of carbonyl (C=O) groups is 1. The van der Waals surface area contributed by atoms with Crippen molar-refractivity contribution in [3.8, 4) is 5.75 Å². The van der Waals surface area contributed by atoms with E-state index in [1.165, 1.54) is 30.6 Å². The van der Waals surface area contributed by atoms with Crippen molar-refractivity contribution >= 4 is 32.7 Å². The fourth-order valence-corrected chi connectivity index (χ4v) is 3.73. The van der Waals surface area contributed by atoms with E-state index < -0.39 is 5.97 Å². The summed E-state index contributed by atoms with van der Waals surface area (Å²) in [6.07, 6.45) is -0.193. The third-order valence-electron chi connectivity index (χ3n) is 4.06. The van der Waals surface area contributed by atoms with Crippen LogP contribution in [0.4, 0.5) is 9.52 Å². The second-order valence-electron chi connectivity index (χ2n) is 5.74. The number of thiazole rings is 1. The normalized spacial score (nSPS) is 14.4. The molecule has 1 fully saturated rings. The second kappa shape index (κ2) is 6.33. The molecule has 0 atom stereocenters. The molecule has 3 aromatic rings. The standard InChI is InChI=1S/C18H15FN2O3S/c1-23-15-5-3-2-4-13(15)17(22)24-12-9-21(10-12)18-20-14-7-6-11(19)8-16(14)25-18/h2-8,12H,9-10H2,1H3. The molecule has 1 aromatic heterocycles. The molecule has 2 aromatic carbocycles. The first-order chi connectivity index (χ1) is 12.1. The molecule has 0 N–H and O–H groups in total. The quantitative estimate of drug-likeness (QED) is 0.668. The Labute approximate surface area is 147 Å². The fraction of sp³-hybridized carbons (Fsp3) is 0.222. The zero-order chi connectivity index (χ0) is 17.4. The summed E-state index contributed by atoms with van der Waals surface area (Å²) in [5.41, 5.74) is 1.19. The van der Waals surface area contributed by atoms with Crippen LogP contribution in [0.1, 0.15) is 10.4 Å². The summed E-state index contributed by atoms with van der Waals surface area (Å²) in [5.74, 6) is -0.166. The molecule has 0 amide bonds. The van der Waals surface area contributed by atoms with Crippen LogP contribution >= 0.6 is 11.3 Å². The van der Waals surface area contributed by atoms with Gasteiger partial charge in [0.05, 0.1) is 30.4 Å². The van der Waals surface area contributed by atoms with Gasteiger partial charge in [-0.3, -0.25) is 0 Å². The van der Waals surface area contributed by atoms with Crippen molar-refractivity contribution in [3.63, 3.8) is 0 Å². The van der Waals surface area contributed by atoms with Gasteiger partial charge < -0.3 is 14.4 Å². The third-order valence-corrected chi connectivity index (χ3v) is 5.14. The Kier molecular flexibility index (Phi) is 4.01. The maximum atomic E-state index is 13.3. The zero-order valence-electron chi connectivity index (χ0n) is 13.4. The lowest BCUT2D eigenvalue weighted by atomic mass is 10.1. The van der Waals surface area contributed by atoms with Gasteiger partial charge in [0, 0.05) is 0 Å². The second-order valence-corrected chi connectivity index (χ2v) is 6.75. The number of benzene rings is 2. The molecule has 5 nitrogen and oxygen atoms in total. The number of para-hydroxylation sites is 1. The van der Waals surface area contributed by atoms with Crippen LogP contribution in [0.2, 0.25) is 0 Å². The van der Waals surface area contributed by atoms with Crippen LogP contribution in [-0.2, 0) is 4.74 Å². The molecular weight excluding hydrogens is 343 g/mol. The molecule has 2 heterocycles. The number of nitrogens with zero attached hydrogens (tertiary/aromatic N) is 2. The van der Waals surface area contributed by atoms with Gasteiger partial charge in [-0.1, -0.05) is 23.5 Å². The molecule has 0 spiro atoms. The number of carbonyl (C=O) groups excluding carboxylic acids is 1. The highest BCUT2D eigenvalue weighted by molar-refractivity contribution is 7.22. The molecular formula is C18H15FN2O3S. The molecule has 1 saturated heterocycles. The molecule has 128 valence electrons. The molecule has 0 aliphatic carbocycles. The average Bonchev–Trinajstić information content (AvgIpc) is 2.99. The summed E-state index contributed by atoms with van der Waals surface area (Å²) >= 11 is 1.43. The van der Waals surface area contributed by atoms with E-state index >= 15 is 0 Å². The van der Waals surface area contributed by atoms with Gasteiger partial charge >= 0.3 is 5.97 Å². The lowest BCUT2D eigenvalue weighted by Gasteiger charge is -2.38. The van der Waals surface area contributed by atoms with E-state index in [1.807, 2.05) is 4.90 Å². The molecule has 0 unspecified atom stereocenters. The average molecular weight is 358 g/mol. The number of hydrogen-bond acceptors (Lipinski definition) is 6. The minimum atomic E-state index is -0.395. The van der Waals surface area contributed by atoms with Gasteiger partial charge in [0.2, 0.25) is 0 Å². The number of halogens is 1. The minimum absolute atomic E-state index is 0.193. The van der Waals surface area contributed by atoms with E-state index in [0.29, 0.717) is 24.4 Å². The van der Waals surface area contributed by atoms with Gasteiger partial charge in [-0.25, -0.2) is 14.2 Å². The van der Waals surface area contributed by atoms with Gasteiger partial charge in [0.15, 0.2) is 5.13 Å². The van der Waals surface area contributed by atoms with Gasteiger partial charge in [-0.2, -0.15) is 0 Å². The Morgan fingerprint density at radius 2 is 2.08 bits per heavy atom. The predicted molar refractivity (Wildman–Crippen MR) is 94.0 cm³/mol. The van der Waals surface area contributed by atoms with Crippen molar-refractivity contribution in [3.05, 3.63) is 53.8 Å². The van der Waals surface area contributed by atoms with Crippen molar-refractivity contribution in [2.24, 2.45) is 0 Å². The van der Waals surface area contributed by atoms with Gasteiger partial charge in [0.25, 0.3) is 0 Å². The van der Waals surface area contributed by atoms with Crippen LogP contribution in [-0.4, -0.2) is 37.3 Å². The predicted octanol–water partition coefficient (Wildman–Crippen LogP) is 3.49. The van der Waals surface area contributed by atoms with Crippen LogP contribution in [0.15, 0.2) is 42.5 Å². The summed E-state index contributed by atoms with van der Waals surface area (Å²) in [5, 5.41) is 0.810. The Morgan fingerprint density at radius 1 is 1.28 bits per heavy atom. The molecule has 0 radical (unpaired) electrons. The molecule has 0 saturated carbocycles. The molecule has 7 heteroatoms. The van der Waals surface area contributed by atoms with Gasteiger partial charge in [-0.05, 0) is 30.3 Å². The van der Waals surface area contributed by atoms with Crippen LogP contribution in [0.25, 0.3) is 10.2 Å².